The second-order valence-corrected chi connectivity index (χ2v) is 11.5. The summed E-state index contributed by atoms with van der Waals surface area (Å²) in [4.78, 5) is 18.0. The lowest BCUT2D eigenvalue weighted by molar-refractivity contribution is -0.121. The zero-order valence-corrected chi connectivity index (χ0v) is 21.4. The van der Waals surface area contributed by atoms with Gasteiger partial charge in [-0.2, -0.15) is 9.30 Å². The number of aromatic nitrogens is 1. The number of benzene rings is 2. The average Bonchev–Trinajstić information content (AvgIpc) is 3.41. The van der Waals surface area contributed by atoms with Gasteiger partial charge in [-0.3, -0.25) is 4.79 Å². The van der Waals surface area contributed by atoms with E-state index in [1.54, 1.807) is 23.8 Å². The second kappa shape index (κ2) is 10.0. The van der Waals surface area contributed by atoms with Gasteiger partial charge in [-0.25, -0.2) is 8.42 Å². The Labute approximate surface area is 210 Å². The Morgan fingerprint density at radius 1 is 1.15 bits per heavy atom. The molecule has 1 saturated heterocycles. The van der Waals surface area contributed by atoms with Crippen LogP contribution in [0.1, 0.15) is 12.8 Å². The largest absolute Gasteiger partial charge is 0.383 e. The number of hydrogen-bond donors (Lipinski definition) is 0. The highest BCUT2D eigenvalue weighted by atomic mass is 35.5. The Kier molecular flexibility index (Phi) is 7.50. The molecule has 1 aliphatic heterocycles. The molecule has 1 amide bonds. The molecule has 0 bridgehead atoms. The molecule has 12 heteroatoms. The lowest BCUT2D eigenvalue weighted by Gasteiger charge is -2.21. The molecule has 3 aromatic rings. The highest BCUT2D eigenvalue weighted by Crippen LogP contribution is 2.32. The van der Waals surface area contributed by atoms with Crippen LogP contribution in [0, 0.1) is 0 Å². The summed E-state index contributed by atoms with van der Waals surface area (Å²) in [5, 5.41) is 1.40. The van der Waals surface area contributed by atoms with Crippen molar-refractivity contribution in [3.63, 3.8) is 0 Å². The maximum atomic E-state index is 13.2. The SMILES string of the molecule is COCCn1c(=NC(=O)C2CCCN2S(=O)(=O)c2ccc(Cl)cc2)sc2c(Cl)ccc(Cl)c21. The van der Waals surface area contributed by atoms with Gasteiger partial charge in [-0.15, -0.1) is 0 Å². The monoisotopic (exact) mass is 547 g/mol. The molecule has 0 radical (unpaired) electrons. The van der Waals surface area contributed by atoms with Crippen molar-refractivity contribution in [3.05, 3.63) is 56.3 Å². The number of fused-ring (bicyclic) bond motifs is 1. The van der Waals surface area contributed by atoms with Crippen molar-refractivity contribution < 1.29 is 17.9 Å². The highest BCUT2D eigenvalue weighted by Gasteiger charge is 2.39. The third-order valence-corrected chi connectivity index (χ3v) is 9.38. The number of nitrogens with zero attached hydrogens (tertiary/aromatic N) is 3. The number of amides is 1. The van der Waals surface area contributed by atoms with Crippen molar-refractivity contribution in [3.8, 4) is 0 Å². The first-order valence-electron chi connectivity index (χ1n) is 10.1. The topological polar surface area (TPSA) is 81.0 Å². The van der Waals surface area contributed by atoms with E-state index in [4.69, 9.17) is 39.5 Å². The molecule has 7 nitrogen and oxygen atoms in total. The molecular formula is C21H20Cl3N3O4S2. The minimum Gasteiger partial charge on any atom is -0.383 e. The Balaban J connectivity index is 1.75. The highest BCUT2D eigenvalue weighted by molar-refractivity contribution is 7.89. The summed E-state index contributed by atoms with van der Waals surface area (Å²) < 4.78 is 35.3. The first-order valence-corrected chi connectivity index (χ1v) is 13.5. The van der Waals surface area contributed by atoms with Gasteiger partial charge in [0.15, 0.2) is 4.80 Å². The van der Waals surface area contributed by atoms with Gasteiger partial charge in [0.2, 0.25) is 10.0 Å². The maximum Gasteiger partial charge on any atom is 0.266 e. The van der Waals surface area contributed by atoms with Crippen molar-refractivity contribution in [2.24, 2.45) is 4.99 Å². The van der Waals surface area contributed by atoms with Gasteiger partial charge >= 0.3 is 0 Å². The minimum atomic E-state index is -3.88. The van der Waals surface area contributed by atoms with E-state index in [0.29, 0.717) is 56.1 Å². The fraction of sp³-hybridized carbons (Fsp3) is 0.333. The molecule has 1 aromatic heterocycles. The summed E-state index contributed by atoms with van der Waals surface area (Å²) in [7, 11) is -2.30. The van der Waals surface area contributed by atoms with Crippen LogP contribution in [0.2, 0.25) is 15.1 Å². The zero-order chi connectivity index (χ0) is 23.8. The molecule has 0 N–H and O–H groups in total. The first kappa shape index (κ1) is 24.7. The Hall–Kier alpha value is -1.46. The van der Waals surface area contributed by atoms with Crippen LogP contribution in [-0.4, -0.2) is 49.5 Å². The van der Waals surface area contributed by atoms with Crippen molar-refractivity contribution in [1.82, 2.24) is 8.87 Å². The van der Waals surface area contributed by atoms with Crippen LogP contribution in [-0.2, 0) is 26.1 Å². The molecule has 176 valence electrons. The quantitative estimate of drug-likeness (QED) is 0.451. The van der Waals surface area contributed by atoms with Crippen molar-refractivity contribution in [1.29, 1.82) is 0 Å². The number of carbonyl (C=O) groups excluding carboxylic acids is 1. The summed E-state index contributed by atoms with van der Waals surface area (Å²) in [6.45, 7) is 1.02. The molecule has 33 heavy (non-hydrogen) atoms. The predicted octanol–water partition coefficient (Wildman–Crippen LogP) is 4.59. The minimum absolute atomic E-state index is 0.0854. The van der Waals surface area contributed by atoms with E-state index in [1.165, 1.54) is 39.9 Å². The summed E-state index contributed by atoms with van der Waals surface area (Å²) in [6, 6.07) is 8.37. The van der Waals surface area contributed by atoms with E-state index in [0.717, 1.165) is 0 Å². The second-order valence-electron chi connectivity index (χ2n) is 7.41. The summed E-state index contributed by atoms with van der Waals surface area (Å²) in [6.07, 6.45) is 0.951. The van der Waals surface area contributed by atoms with E-state index in [-0.39, 0.29) is 11.4 Å². The number of rotatable bonds is 6. The molecule has 2 heterocycles. The molecule has 1 aliphatic rings. The molecule has 4 rings (SSSR count). The van der Waals surface area contributed by atoms with Gasteiger partial charge in [0, 0.05) is 25.2 Å². The van der Waals surface area contributed by atoms with Crippen molar-refractivity contribution >= 4 is 72.3 Å². The molecule has 1 fully saturated rings. The lowest BCUT2D eigenvalue weighted by atomic mass is 10.2. The van der Waals surface area contributed by atoms with Crippen molar-refractivity contribution in [2.75, 3.05) is 20.3 Å². The average molecular weight is 549 g/mol. The maximum absolute atomic E-state index is 13.2. The number of hydrogen-bond acceptors (Lipinski definition) is 5. The third kappa shape index (κ3) is 4.86. The number of methoxy groups -OCH3 is 1. The Morgan fingerprint density at radius 2 is 1.85 bits per heavy atom. The van der Waals surface area contributed by atoms with Gasteiger partial charge in [-0.1, -0.05) is 46.1 Å². The van der Waals surface area contributed by atoms with Crippen molar-refractivity contribution in [2.45, 2.75) is 30.3 Å². The van der Waals surface area contributed by atoms with E-state index in [2.05, 4.69) is 4.99 Å². The number of sulfonamides is 1. The summed E-state index contributed by atoms with van der Waals surface area (Å²) >= 11 is 19.9. The van der Waals surface area contributed by atoms with Crippen LogP contribution in [0.5, 0.6) is 0 Å². The molecule has 1 atom stereocenters. The van der Waals surface area contributed by atoms with E-state index in [1.807, 2.05) is 0 Å². The van der Waals surface area contributed by atoms with Gasteiger partial charge < -0.3 is 9.30 Å². The first-order chi connectivity index (χ1) is 15.7. The van der Waals surface area contributed by atoms with E-state index < -0.39 is 22.0 Å². The standard InChI is InChI=1S/C21H20Cl3N3O4S2/c1-31-12-11-26-18-15(23)8-9-16(24)19(18)32-21(26)25-20(28)17-3-2-10-27(17)33(29,30)14-6-4-13(22)5-7-14/h4-9,17H,2-3,10-12H2,1H3. The van der Waals surface area contributed by atoms with E-state index in [9.17, 15) is 13.2 Å². The molecule has 2 aromatic carbocycles. The Morgan fingerprint density at radius 3 is 2.55 bits per heavy atom. The molecular weight excluding hydrogens is 529 g/mol. The number of thiazole rings is 1. The fourth-order valence-electron chi connectivity index (χ4n) is 3.77. The fourth-order valence-corrected chi connectivity index (χ4v) is 7.23. The van der Waals surface area contributed by atoms with Gasteiger partial charge in [0.1, 0.15) is 6.04 Å². The predicted molar refractivity (Wildman–Crippen MR) is 131 cm³/mol. The Bertz CT molecular complexity index is 1370. The van der Waals surface area contributed by atoms with Gasteiger partial charge in [-0.05, 0) is 49.2 Å². The summed E-state index contributed by atoms with van der Waals surface area (Å²) in [5.41, 5.74) is 0.662. The van der Waals surface area contributed by atoms with Crippen LogP contribution >= 0.6 is 46.1 Å². The van der Waals surface area contributed by atoms with E-state index >= 15 is 0 Å². The van der Waals surface area contributed by atoms with Gasteiger partial charge in [0.25, 0.3) is 5.91 Å². The molecule has 1 unspecified atom stereocenters. The van der Waals surface area contributed by atoms with Crippen LogP contribution in [0.25, 0.3) is 10.2 Å². The smallest absolute Gasteiger partial charge is 0.266 e. The summed E-state index contributed by atoms with van der Waals surface area (Å²) in [5.74, 6) is -0.532. The number of carbonyl (C=O) groups is 1. The lowest BCUT2D eigenvalue weighted by Crippen LogP contribution is -2.40. The van der Waals surface area contributed by atoms with Crippen LogP contribution in [0.4, 0.5) is 0 Å². The van der Waals surface area contributed by atoms with Crippen LogP contribution in [0.15, 0.2) is 46.3 Å². The molecule has 0 aliphatic carbocycles. The normalized spacial score (nSPS) is 17.8. The van der Waals surface area contributed by atoms with Crippen LogP contribution < -0.4 is 4.80 Å². The number of halogens is 3. The third-order valence-electron chi connectivity index (χ3n) is 5.36. The molecule has 0 spiro atoms. The number of ether oxygens (including phenoxy) is 1. The van der Waals surface area contributed by atoms with Crippen LogP contribution in [0.3, 0.4) is 0 Å². The van der Waals surface area contributed by atoms with Gasteiger partial charge in [0.05, 0.1) is 31.8 Å². The zero-order valence-electron chi connectivity index (χ0n) is 17.5. The molecule has 0 saturated carbocycles.